The molecule has 0 bridgehead atoms. The Bertz CT molecular complexity index is 409. The molecule has 0 saturated carbocycles. The number of nitrogens with zero attached hydrogens (tertiary/aromatic N) is 3. The van der Waals surface area contributed by atoms with Gasteiger partial charge in [-0.2, -0.15) is 4.98 Å². The Morgan fingerprint density at radius 3 is 2.19 bits per heavy atom. The highest BCUT2D eigenvalue weighted by Gasteiger charge is 2.16. The van der Waals surface area contributed by atoms with Crippen LogP contribution in [0.1, 0.15) is 47.5 Å². The van der Waals surface area contributed by atoms with E-state index in [1.807, 2.05) is 6.92 Å². The van der Waals surface area contributed by atoms with Gasteiger partial charge < -0.3 is 10.2 Å². The molecule has 0 aliphatic carbocycles. The lowest BCUT2D eigenvalue weighted by Crippen LogP contribution is -2.29. The molecule has 0 spiro atoms. The van der Waals surface area contributed by atoms with Gasteiger partial charge in [0.25, 0.3) is 0 Å². The number of anilines is 2. The van der Waals surface area contributed by atoms with Crippen LogP contribution < -0.4 is 10.2 Å². The lowest BCUT2D eigenvalue weighted by Gasteiger charge is -2.26. The molecule has 1 heterocycles. The summed E-state index contributed by atoms with van der Waals surface area (Å²) in [6.07, 6.45) is 3.31. The standard InChI is InChI=1S/C16H29FN4/c1-6-18-16-19-11-14(17)15(20-16)21(9-7-12(2)3)10-8-13(4)5/h11-13H,6-10H2,1-5H3,(H,18,19,20). The summed E-state index contributed by atoms with van der Waals surface area (Å²) in [6, 6.07) is 0. The molecule has 1 N–H and O–H groups in total. The van der Waals surface area contributed by atoms with Crippen LogP contribution in [-0.2, 0) is 0 Å². The molecule has 21 heavy (non-hydrogen) atoms. The predicted octanol–water partition coefficient (Wildman–Crippen LogP) is 3.95. The molecule has 0 radical (unpaired) electrons. The molecule has 0 unspecified atom stereocenters. The predicted molar refractivity (Wildman–Crippen MR) is 87.3 cm³/mol. The molecule has 0 amide bonds. The molecule has 1 rings (SSSR count). The molecule has 120 valence electrons. The summed E-state index contributed by atoms with van der Waals surface area (Å²) >= 11 is 0. The summed E-state index contributed by atoms with van der Waals surface area (Å²) in [5.41, 5.74) is 0. The van der Waals surface area contributed by atoms with E-state index in [1.54, 1.807) is 0 Å². The first-order chi connectivity index (χ1) is 9.93. The maximum Gasteiger partial charge on any atom is 0.224 e. The molecule has 5 heteroatoms. The van der Waals surface area contributed by atoms with Gasteiger partial charge in [0, 0.05) is 19.6 Å². The first-order valence-electron chi connectivity index (χ1n) is 7.95. The van der Waals surface area contributed by atoms with Crippen molar-refractivity contribution in [2.75, 3.05) is 29.9 Å². The zero-order chi connectivity index (χ0) is 15.8. The number of halogens is 1. The van der Waals surface area contributed by atoms with Gasteiger partial charge in [0.15, 0.2) is 11.6 Å². The molecule has 0 fully saturated rings. The Morgan fingerprint density at radius 1 is 1.14 bits per heavy atom. The SMILES string of the molecule is CCNc1ncc(F)c(N(CCC(C)C)CCC(C)C)n1. The minimum atomic E-state index is -0.343. The second-order valence-corrected chi connectivity index (χ2v) is 6.25. The van der Waals surface area contributed by atoms with Crippen LogP contribution >= 0.6 is 0 Å². The van der Waals surface area contributed by atoms with Crippen molar-refractivity contribution in [3.63, 3.8) is 0 Å². The first kappa shape index (κ1) is 17.7. The molecule has 0 saturated heterocycles. The number of rotatable bonds is 9. The average Bonchev–Trinajstić information content (AvgIpc) is 2.41. The lowest BCUT2D eigenvalue weighted by atomic mass is 10.1. The van der Waals surface area contributed by atoms with E-state index >= 15 is 0 Å². The highest BCUT2D eigenvalue weighted by Crippen LogP contribution is 2.20. The molecule has 0 aliphatic heterocycles. The maximum absolute atomic E-state index is 14.1. The van der Waals surface area contributed by atoms with Crippen molar-refractivity contribution in [3.8, 4) is 0 Å². The van der Waals surface area contributed by atoms with E-state index in [0.29, 0.717) is 23.6 Å². The van der Waals surface area contributed by atoms with Crippen molar-refractivity contribution >= 4 is 11.8 Å². The quantitative estimate of drug-likeness (QED) is 0.749. The fourth-order valence-electron chi connectivity index (χ4n) is 1.97. The smallest absolute Gasteiger partial charge is 0.224 e. The molecular weight excluding hydrogens is 267 g/mol. The fraction of sp³-hybridized carbons (Fsp3) is 0.750. The largest absolute Gasteiger partial charge is 0.354 e. The van der Waals surface area contributed by atoms with E-state index in [4.69, 9.17) is 0 Å². The van der Waals surface area contributed by atoms with Gasteiger partial charge in [0.2, 0.25) is 5.95 Å². The van der Waals surface area contributed by atoms with Gasteiger partial charge in [0.05, 0.1) is 6.20 Å². The summed E-state index contributed by atoms with van der Waals surface area (Å²) in [4.78, 5) is 10.4. The summed E-state index contributed by atoms with van der Waals surface area (Å²) in [6.45, 7) is 13.1. The minimum absolute atomic E-state index is 0.343. The molecule has 0 atom stereocenters. The number of hydrogen-bond donors (Lipinski definition) is 1. The van der Waals surface area contributed by atoms with E-state index in [1.165, 1.54) is 6.20 Å². The van der Waals surface area contributed by atoms with Crippen molar-refractivity contribution in [1.29, 1.82) is 0 Å². The van der Waals surface area contributed by atoms with Crippen LogP contribution in [0.15, 0.2) is 6.20 Å². The normalized spacial score (nSPS) is 11.2. The molecule has 1 aromatic rings. The van der Waals surface area contributed by atoms with Gasteiger partial charge in [-0.25, -0.2) is 9.37 Å². The molecule has 4 nitrogen and oxygen atoms in total. The summed E-state index contributed by atoms with van der Waals surface area (Å²) in [5.74, 6) is 1.74. The van der Waals surface area contributed by atoms with Crippen molar-refractivity contribution in [2.45, 2.75) is 47.5 Å². The van der Waals surface area contributed by atoms with Gasteiger partial charge in [-0.15, -0.1) is 0 Å². The van der Waals surface area contributed by atoms with Crippen molar-refractivity contribution in [3.05, 3.63) is 12.0 Å². The van der Waals surface area contributed by atoms with Crippen LogP contribution in [0.2, 0.25) is 0 Å². The number of aromatic nitrogens is 2. The zero-order valence-electron chi connectivity index (χ0n) is 14.0. The van der Waals surface area contributed by atoms with Gasteiger partial charge in [-0.05, 0) is 31.6 Å². The maximum atomic E-state index is 14.1. The third kappa shape index (κ3) is 6.27. The topological polar surface area (TPSA) is 41.1 Å². The van der Waals surface area contributed by atoms with Crippen LogP contribution in [0.3, 0.4) is 0 Å². The summed E-state index contributed by atoms with van der Waals surface area (Å²) in [7, 11) is 0. The Kier molecular flexibility index (Phi) is 7.40. The second-order valence-electron chi connectivity index (χ2n) is 6.25. The minimum Gasteiger partial charge on any atom is -0.354 e. The van der Waals surface area contributed by atoms with Crippen molar-refractivity contribution in [1.82, 2.24) is 9.97 Å². The van der Waals surface area contributed by atoms with Crippen LogP contribution in [-0.4, -0.2) is 29.6 Å². The zero-order valence-corrected chi connectivity index (χ0v) is 14.0. The van der Waals surface area contributed by atoms with Gasteiger partial charge in [0.1, 0.15) is 0 Å². The Balaban J connectivity index is 2.90. The Hall–Kier alpha value is -1.39. The van der Waals surface area contributed by atoms with Crippen molar-refractivity contribution in [2.24, 2.45) is 11.8 Å². The first-order valence-corrected chi connectivity index (χ1v) is 7.95. The monoisotopic (exact) mass is 296 g/mol. The lowest BCUT2D eigenvalue weighted by molar-refractivity contribution is 0.521. The highest BCUT2D eigenvalue weighted by molar-refractivity contribution is 5.43. The number of hydrogen-bond acceptors (Lipinski definition) is 4. The van der Waals surface area contributed by atoms with Crippen LogP contribution in [0.5, 0.6) is 0 Å². The molecule has 0 aliphatic rings. The van der Waals surface area contributed by atoms with E-state index < -0.39 is 0 Å². The Labute approximate surface area is 128 Å². The van der Waals surface area contributed by atoms with Crippen LogP contribution in [0.25, 0.3) is 0 Å². The highest BCUT2D eigenvalue weighted by atomic mass is 19.1. The average molecular weight is 296 g/mol. The van der Waals surface area contributed by atoms with Gasteiger partial charge in [-0.1, -0.05) is 27.7 Å². The van der Waals surface area contributed by atoms with Crippen molar-refractivity contribution < 1.29 is 4.39 Å². The van der Waals surface area contributed by atoms with Gasteiger partial charge >= 0.3 is 0 Å². The molecular formula is C16H29FN4. The fourth-order valence-corrected chi connectivity index (χ4v) is 1.97. The van der Waals surface area contributed by atoms with Gasteiger partial charge in [-0.3, -0.25) is 0 Å². The Morgan fingerprint density at radius 2 is 1.71 bits per heavy atom. The van der Waals surface area contributed by atoms with Crippen LogP contribution in [0.4, 0.5) is 16.2 Å². The van der Waals surface area contributed by atoms with Crippen LogP contribution in [0, 0.1) is 17.7 Å². The molecule has 1 aromatic heterocycles. The van der Waals surface area contributed by atoms with E-state index in [0.717, 1.165) is 32.5 Å². The van der Waals surface area contributed by atoms with E-state index in [9.17, 15) is 4.39 Å². The second kappa shape index (κ2) is 8.80. The summed E-state index contributed by atoms with van der Waals surface area (Å²) < 4.78 is 14.1. The van der Waals surface area contributed by atoms with E-state index in [-0.39, 0.29) is 5.82 Å². The third-order valence-corrected chi connectivity index (χ3v) is 3.31. The van der Waals surface area contributed by atoms with E-state index in [2.05, 4.69) is 47.9 Å². The number of nitrogens with one attached hydrogen (secondary N) is 1. The third-order valence-electron chi connectivity index (χ3n) is 3.31. The summed E-state index contributed by atoms with van der Waals surface area (Å²) in [5, 5.41) is 3.04. The molecule has 0 aromatic carbocycles.